The summed E-state index contributed by atoms with van der Waals surface area (Å²) in [5.74, 6) is 6.53. The molecule has 0 aliphatic heterocycles. The molecule has 0 aliphatic rings. The molecule has 0 radical (unpaired) electrons. The lowest BCUT2D eigenvalue weighted by atomic mass is 10.2. The lowest BCUT2D eigenvalue weighted by Gasteiger charge is -1.85. The molecular weight excluding hydrogens is 152 g/mol. The highest BCUT2D eigenvalue weighted by atomic mass is 16.3. The van der Waals surface area contributed by atoms with Crippen molar-refractivity contribution >= 4 is 11.0 Å². The van der Waals surface area contributed by atoms with E-state index in [9.17, 15) is 0 Å². The van der Waals surface area contributed by atoms with E-state index in [2.05, 4.69) is 0 Å². The van der Waals surface area contributed by atoms with Crippen molar-refractivity contribution in [1.29, 1.82) is 0 Å². The first kappa shape index (κ1) is 7.16. The van der Waals surface area contributed by atoms with Gasteiger partial charge in [0.1, 0.15) is 11.3 Å². The summed E-state index contributed by atoms with van der Waals surface area (Å²) in [5.41, 5.74) is 2.05. The minimum atomic E-state index is 0.895. The van der Waals surface area contributed by atoms with Gasteiger partial charge in [0.2, 0.25) is 12.4 Å². The number of pyridine rings is 1. The zero-order valence-corrected chi connectivity index (χ0v) is 7.16. The van der Waals surface area contributed by atoms with Crippen LogP contribution in [0.3, 0.4) is 0 Å². The van der Waals surface area contributed by atoms with E-state index in [1.54, 1.807) is 6.20 Å². The first-order chi connectivity index (χ1) is 5.68. The number of hydrogen-bond donors (Lipinski definition) is 1. The molecule has 0 aromatic carbocycles. The number of nitrogens with two attached hydrogens (primary N) is 1. The number of aryl methyl sites for hydroxylation is 2. The minimum absolute atomic E-state index is 0.895. The van der Waals surface area contributed by atoms with Gasteiger partial charge in [-0.2, -0.15) is 0 Å². The van der Waals surface area contributed by atoms with Crippen molar-refractivity contribution in [3.63, 3.8) is 0 Å². The van der Waals surface area contributed by atoms with E-state index in [-0.39, 0.29) is 0 Å². The Balaban J connectivity index is 2.88. The van der Waals surface area contributed by atoms with Gasteiger partial charge in [-0.15, -0.1) is 0 Å². The van der Waals surface area contributed by atoms with Gasteiger partial charge in [0, 0.05) is 11.6 Å². The minimum Gasteiger partial charge on any atom is -0.461 e. The predicted octanol–water partition coefficient (Wildman–Crippen LogP) is 1.05. The largest absolute Gasteiger partial charge is 0.461 e. The smallest absolute Gasteiger partial charge is 0.210 e. The summed E-state index contributed by atoms with van der Waals surface area (Å²) >= 11 is 0. The highest BCUT2D eigenvalue weighted by Crippen LogP contribution is 2.21. The summed E-state index contributed by atoms with van der Waals surface area (Å²) in [5, 5.41) is 1.08. The molecule has 2 N–H and O–H groups in total. The molecule has 0 atom stereocenters. The van der Waals surface area contributed by atoms with E-state index in [0.29, 0.717) is 0 Å². The van der Waals surface area contributed by atoms with Crippen LogP contribution in [0.25, 0.3) is 11.0 Å². The standard InChI is InChI=1S/C9H11N2O/c1-6-7(2)12-9-3-4-11(10)5-8(6)9/h3-5H,10H2,1-2H3/q+1. The Morgan fingerprint density at radius 1 is 1.42 bits per heavy atom. The molecule has 0 unspecified atom stereocenters. The molecular formula is C9H11N2O+. The summed E-state index contributed by atoms with van der Waals surface area (Å²) in [7, 11) is 0. The van der Waals surface area contributed by atoms with Crippen LogP contribution >= 0.6 is 0 Å². The molecule has 0 saturated carbocycles. The van der Waals surface area contributed by atoms with E-state index in [4.69, 9.17) is 10.3 Å². The molecule has 2 heterocycles. The Kier molecular flexibility index (Phi) is 1.33. The highest BCUT2D eigenvalue weighted by Gasteiger charge is 2.09. The van der Waals surface area contributed by atoms with Crippen LogP contribution < -0.4 is 10.5 Å². The molecule has 2 aromatic rings. The molecule has 2 aromatic heterocycles. The number of furan rings is 1. The lowest BCUT2D eigenvalue weighted by molar-refractivity contribution is -0.637. The zero-order valence-electron chi connectivity index (χ0n) is 7.16. The van der Waals surface area contributed by atoms with E-state index in [0.717, 1.165) is 22.3 Å². The first-order valence-electron chi connectivity index (χ1n) is 3.84. The maximum Gasteiger partial charge on any atom is 0.210 e. The number of nitrogen functional groups attached to an aromatic ring is 1. The number of aromatic nitrogens is 1. The SMILES string of the molecule is Cc1oc2cc[n+](N)cc2c1C. The number of nitrogens with zero attached hydrogens (tertiary/aromatic N) is 1. The Hall–Kier alpha value is -1.51. The van der Waals surface area contributed by atoms with E-state index >= 15 is 0 Å². The average Bonchev–Trinajstić information content (AvgIpc) is 2.31. The second kappa shape index (κ2) is 2.24. The number of fused-ring (bicyclic) bond motifs is 1. The van der Waals surface area contributed by atoms with Gasteiger partial charge in [-0.05, 0) is 13.8 Å². The van der Waals surface area contributed by atoms with Crippen LogP contribution in [0, 0.1) is 13.8 Å². The van der Waals surface area contributed by atoms with Crippen molar-refractivity contribution < 1.29 is 9.09 Å². The van der Waals surface area contributed by atoms with Gasteiger partial charge >= 0.3 is 0 Å². The van der Waals surface area contributed by atoms with Gasteiger partial charge in [0.05, 0.1) is 5.39 Å². The van der Waals surface area contributed by atoms with E-state index in [1.165, 1.54) is 4.68 Å². The quantitative estimate of drug-likeness (QED) is 0.466. The van der Waals surface area contributed by atoms with Gasteiger partial charge in [0.25, 0.3) is 0 Å². The normalized spacial score (nSPS) is 10.8. The monoisotopic (exact) mass is 163 g/mol. The second-order valence-electron chi connectivity index (χ2n) is 2.95. The van der Waals surface area contributed by atoms with Crippen molar-refractivity contribution in [1.82, 2.24) is 0 Å². The summed E-state index contributed by atoms with van der Waals surface area (Å²) in [6.07, 6.45) is 3.63. The van der Waals surface area contributed by atoms with E-state index < -0.39 is 0 Å². The fourth-order valence-electron chi connectivity index (χ4n) is 1.30. The van der Waals surface area contributed by atoms with Crippen LogP contribution in [0.1, 0.15) is 11.3 Å². The zero-order chi connectivity index (χ0) is 8.72. The highest BCUT2D eigenvalue weighted by molar-refractivity contribution is 5.79. The van der Waals surface area contributed by atoms with Crippen LogP contribution in [-0.2, 0) is 0 Å². The summed E-state index contributed by atoms with van der Waals surface area (Å²) in [4.78, 5) is 0. The summed E-state index contributed by atoms with van der Waals surface area (Å²) < 4.78 is 7.02. The topological polar surface area (TPSA) is 43.0 Å². The van der Waals surface area contributed by atoms with Crippen LogP contribution in [-0.4, -0.2) is 0 Å². The molecule has 2 rings (SSSR count). The molecule has 0 amide bonds. The number of hydrogen-bond acceptors (Lipinski definition) is 2. The molecule has 0 spiro atoms. The Bertz CT molecular complexity index is 431. The van der Waals surface area contributed by atoms with Crippen LogP contribution in [0.4, 0.5) is 0 Å². The van der Waals surface area contributed by atoms with Gasteiger partial charge in [-0.3, -0.25) is 0 Å². The first-order valence-corrected chi connectivity index (χ1v) is 3.84. The fourth-order valence-corrected chi connectivity index (χ4v) is 1.30. The van der Waals surface area contributed by atoms with Crippen LogP contribution in [0.15, 0.2) is 22.9 Å². The average molecular weight is 163 g/mol. The Labute approximate surface area is 70.4 Å². The van der Waals surface area contributed by atoms with Crippen molar-refractivity contribution in [2.45, 2.75) is 13.8 Å². The molecule has 0 fully saturated rings. The van der Waals surface area contributed by atoms with Crippen molar-refractivity contribution in [2.24, 2.45) is 0 Å². The van der Waals surface area contributed by atoms with Crippen LogP contribution in [0.5, 0.6) is 0 Å². The Morgan fingerprint density at radius 3 is 2.92 bits per heavy atom. The third-order valence-electron chi connectivity index (χ3n) is 2.14. The third kappa shape index (κ3) is 0.863. The van der Waals surface area contributed by atoms with Gasteiger partial charge in [-0.25, -0.2) is 5.84 Å². The van der Waals surface area contributed by atoms with Gasteiger partial charge in [0.15, 0.2) is 0 Å². The fraction of sp³-hybridized carbons (Fsp3) is 0.222. The molecule has 3 heteroatoms. The predicted molar refractivity (Wildman–Crippen MR) is 46.0 cm³/mol. The van der Waals surface area contributed by atoms with Crippen LogP contribution in [0.2, 0.25) is 0 Å². The van der Waals surface area contributed by atoms with Crippen molar-refractivity contribution in [3.8, 4) is 0 Å². The second-order valence-corrected chi connectivity index (χ2v) is 2.95. The lowest BCUT2D eigenvalue weighted by Crippen LogP contribution is -2.43. The van der Waals surface area contributed by atoms with Gasteiger partial charge < -0.3 is 4.42 Å². The van der Waals surface area contributed by atoms with Crippen molar-refractivity contribution in [2.75, 3.05) is 5.84 Å². The molecule has 0 saturated heterocycles. The molecule has 0 aliphatic carbocycles. The van der Waals surface area contributed by atoms with E-state index in [1.807, 2.05) is 26.1 Å². The molecule has 3 nitrogen and oxygen atoms in total. The molecule has 62 valence electrons. The summed E-state index contributed by atoms with van der Waals surface area (Å²) in [6.45, 7) is 3.98. The maximum atomic E-state index is 5.58. The summed E-state index contributed by atoms with van der Waals surface area (Å²) in [6, 6.07) is 1.87. The molecule has 12 heavy (non-hydrogen) atoms. The third-order valence-corrected chi connectivity index (χ3v) is 2.14. The number of rotatable bonds is 0. The molecule has 0 bridgehead atoms. The Morgan fingerprint density at radius 2 is 2.17 bits per heavy atom. The maximum absolute atomic E-state index is 5.58. The van der Waals surface area contributed by atoms with Crippen molar-refractivity contribution in [3.05, 3.63) is 29.8 Å². The van der Waals surface area contributed by atoms with Gasteiger partial charge in [-0.1, -0.05) is 4.68 Å².